The molecule has 0 bridgehead atoms. The molecule has 1 unspecified atom stereocenters. The molecule has 1 heterocycles. The molecule has 0 aliphatic carbocycles. The van der Waals surface area contributed by atoms with E-state index in [1.54, 1.807) is 12.1 Å². The Balaban J connectivity index is 1.97. The summed E-state index contributed by atoms with van der Waals surface area (Å²) in [5, 5.41) is 9.21. The summed E-state index contributed by atoms with van der Waals surface area (Å²) < 4.78 is 13.0. The number of benzene rings is 1. The van der Waals surface area contributed by atoms with Crippen LogP contribution in [-0.4, -0.2) is 29.7 Å². The van der Waals surface area contributed by atoms with Crippen molar-refractivity contribution in [2.24, 2.45) is 5.92 Å². The van der Waals surface area contributed by atoms with Gasteiger partial charge in [-0.3, -0.25) is 4.90 Å². The zero-order valence-corrected chi connectivity index (χ0v) is 9.75. The van der Waals surface area contributed by atoms with Crippen molar-refractivity contribution in [2.45, 2.75) is 13.0 Å². The maximum atomic E-state index is 13.0. The summed E-state index contributed by atoms with van der Waals surface area (Å²) in [4.78, 5) is 2.25. The van der Waals surface area contributed by atoms with Gasteiger partial charge in [0.25, 0.3) is 0 Å². The van der Waals surface area contributed by atoms with E-state index in [2.05, 4.69) is 4.90 Å². The maximum absolute atomic E-state index is 13.0. The largest absolute Gasteiger partial charge is 0.396 e. The first kappa shape index (κ1) is 11.8. The molecule has 1 fully saturated rings. The van der Waals surface area contributed by atoms with Crippen LogP contribution >= 0.6 is 11.6 Å². The van der Waals surface area contributed by atoms with Gasteiger partial charge in [-0.05, 0) is 36.6 Å². The first-order valence-corrected chi connectivity index (χ1v) is 5.84. The maximum Gasteiger partial charge on any atom is 0.141 e. The normalized spacial score (nSPS) is 21.6. The van der Waals surface area contributed by atoms with Crippen LogP contribution in [0.4, 0.5) is 4.39 Å². The summed E-state index contributed by atoms with van der Waals surface area (Å²) >= 11 is 5.72. The van der Waals surface area contributed by atoms with E-state index in [1.165, 1.54) is 6.07 Å². The van der Waals surface area contributed by atoms with Gasteiger partial charge in [0.2, 0.25) is 0 Å². The zero-order valence-electron chi connectivity index (χ0n) is 9.00. The van der Waals surface area contributed by atoms with Crippen LogP contribution in [0.25, 0.3) is 0 Å². The lowest BCUT2D eigenvalue weighted by molar-refractivity contribution is 0.220. The molecule has 0 radical (unpaired) electrons. The van der Waals surface area contributed by atoms with Crippen molar-refractivity contribution in [3.8, 4) is 0 Å². The SMILES string of the molecule is OCC1CCN(Cc2ccc(F)c(Cl)c2)C1. The standard InChI is InChI=1S/C12H15ClFNO/c13-11-5-9(1-2-12(11)14)6-15-4-3-10(7-15)8-16/h1-2,5,10,16H,3-4,6-8H2. The summed E-state index contributed by atoms with van der Waals surface area (Å²) in [6.45, 7) is 2.92. The van der Waals surface area contributed by atoms with Crippen LogP contribution in [0.2, 0.25) is 5.02 Å². The molecule has 16 heavy (non-hydrogen) atoms. The molecule has 0 aromatic heterocycles. The third-order valence-corrected chi connectivity index (χ3v) is 3.31. The third kappa shape index (κ3) is 2.73. The molecule has 88 valence electrons. The first-order valence-electron chi connectivity index (χ1n) is 5.46. The van der Waals surface area contributed by atoms with E-state index in [0.29, 0.717) is 5.92 Å². The fourth-order valence-corrected chi connectivity index (χ4v) is 2.30. The molecule has 2 nitrogen and oxygen atoms in total. The van der Waals surface area contributed by atoms with Gasteiger partial charge in [-0.15, -0.1) is 0 Å². The van der Waals surface area contributed by atoms with Crippen molar-refractivity contribution in [2.75, 3.05) is 19.7 Å². The molecule has 4 heteroatoms. The molecule has 1 aromatic carbocycles. The Bertz CT molecular complexity index is 372. The Kier molecular flexibility index (Phi) is 3.79. The average Bonchev–Trinajstić information content (AvgIpc) is 2.71. The number of hydrogen-bond donors (Lipinski definition) is 1. The molecular weight excluding hydrogens is 229 g/mol. The number of nitrogens with zero attached hydrogens (tertiary/aromatic N) is 1. The Morgan fingerprint density at radius 2 is 2.31 bits per heavy atom. The number of halogens is 2. The predicted octanol–water partition coefficient (Wildman–Crippen LogP) is 2.29. The Morgan fingerprint density at radius 3 is 2.94 bits per heavy atom. The lowest BCUT2D eigenvalue weighted by Gasteiger charge is -2.15. The van der Waals surface area contributed by atoms with Crippen molar-refractivity contribution in [1.29, 1.82) is 0 Å². The van der Waals surface area contributed by atoms with Crippen LogP contribution in [0.3, 0.4) is 0 Å². The molecule has 1 aliphatic rings. The number of likely N-dealkylation sites (tertiary alicyclic amines) is 1. The van der Waals surface area contributed by atoms with Crippen molar-refractivity contribution in [3.05, 3.63) is 34.6 Å². The lowest BCUT2D eigenvalue weighted by Crippen LogP contribution is -2.20. The summed E-state index contributed by atoms with van der Waals surface area (Å²) in [6, 6.07) is 4.83. The molecule has 1 aromatic rings. The molecule has 1 aliphatic heterocycles. The van der Waals surface area contributed by atoms with Crippen molar-refractivity contribution < 1.29 is 9.50 Å². The van der Waals surface area contributed by atoms with Gasteiger partial charge in [-0.25, -0.2) is 4.39 Å². The van der Waals surface area contributed by atoms with E-state index >= 15 is 0 Å². The van der Waals surface area contributed by atoms with Crippen molar-refractivity contribution in [1.82, 2.24) is 4.90 Å². The highest BCUT2D eigenvalue weighted by atomic mass is 35.5. The van der Waals surface area contributed by atoms with E-state index < -0.39 is 0 Å². The fraction of sp³-hybridized carbons (Fsp3) is 0.500. The first-order chi connectivity index (χ1) is 7.69. The van der Waals surface area contributed by atoms with Gasteiger partial charge >= 0.3 is 0 Å². The molecule has 0 saturated carbocycles. The number of rotatable bonds is 3. The minimum Gasteiger partial charge on any atom is -0.396 e. The number of aliphatic hydroxyl groups excluding tert-OH is 1. The predicted molar refractivity (Wildman–Crippen MR) is 61.9 cm³/mol. The van der Waals surface area contributed by atoms with Gasteiger partial charge in [0, 0.05) is 19.7 Å². The van der Waals surface area contributed by atoms with Crippen molar-refractivity contribution >= 4 is 11.6 Å². The summed E-state index contributed by atoms with van der Waals surface area (Å²) in [5.74, 6) is 0.0102. The highest BCUT2D eigenvalue weighted by Crippen LogP contribution is 2.21. The van der Waals surface area contributed by atoms with Gasteiger partial charge in [0.1, 0.15) is 5.82 Å². The molecular formula is C12H15ClFNO. The molecule has 0 spiro atoms. The fourth-order valence-electron chi connectivity index (χ4n) is 2.10. The molecule has 1 saturated heterocycles. The quantitative estimate of drug-likeness (QED) is 0.881. The van der Waals surface area contributed by atoms with Crippen LogP contribution in [0.15, 0.2) is 18.2 Å². The second-order valence-electron chi connectivity index (χ2n) is 4.32. The highest BCUT2D eigenvalue weighted by molar-refractivity contribution is 6.30. The summed E-state index contributed by atoms with van der Waals surface area (Å²) in [7, 11) is 0. The lowest BCUT2D eigenvalue weighted by atomic mass is 10.1. The van der Waals surface area contributed by atoms with Crippen LogP contribution < -0.4 is 0 Å². The van der Waals surface area contributed by atoms with E-state index in [-0.39, 0.29) is 17.4 Å². The molecule has 1 N–H and O–H groups in total. The zero-order chi connectivity index (χ0) is 11.5. The molecule has 0 amide bonds. The Hall–Kier alpha value is -0.640. The van der Waals surface area contributed by atoms with Gasteiger partial charge < -0.3 is 5.11 Å². The van der Waals surface area contributed by atoms with Crippen LogP contribution in [0.1, 0.15) is 12.0 Å². The van der Waals surface area contributed by atoms with Crippen LogP contribution in [-0.2, 0) is 6.54 Å². The van der Waals surface area contributed by atoms with Gasteiger partial charge in [-0.1, -0.05) is 17.7 Å². The second kappa shape index (κ2) is 5.13. The van der Waals surface area contributed by atoms with E-state index in [1.807, 2.05) is 0 Å². The molecule has 1 atom stereocenters. The third-order valence-electron chi connectivity index (χ3n) is 3.02. The van der Waals surface area contributed by atoms with Gasteiger partial charge in [0.05, 0.1) is 5.02 Å². The van der Waals surface area contributed by atoms with Crippen LogP contribution in [0.5, 0.6) is 0 Å². The van der Waals surface area contributed by atoms with Gasteiger partial charge in [-0.2, -0.15) is 0 Å². The van der Waals surface area contributed by atoms with Crippen LogP contribution in [0, 0.1) is 11.7 Å². The highest BCUT2D eigenvalue weighted by Gasteiger charge is 2.21. The second-order valence-corrected chi connectivity index (χ2v) is 4.73. The minimum absolute atomic E-state index is 0.176. The summed E-state index contributed by atoms with van der Waals surface area (Å²) in [5.41, 5.74) is 1.02. The van der Waals surface area contributed by atoms with E-state index in [0.717, 1.165) is 31.6 Å². The summed E-state index contributed by atoms with van der Waals surface area (Å²) in [6.07, 6.45) is 1.03. The smallest absolute Gasteiger partial charge is 0.141 e. The topological polar surface area (TPSA) is 23.5 Å². The monoisotopic (exact) mass is 243 g/mol. The van der Waals surface area contributed by atoms with Crippen molar-refractivity contribution in [3.63, 3.8) is 0 Å². The minimum atomic E-state index is -0.375. The Labute approximate surface area is 99.6 Å². The molecule has 2 rings (SSSR count). The number of hydrogen-bond acceptors (Lipinski definition) is 2. The Morgan fingerprint density at radius 1 is 1.50 bits per heavy atom. The number of aliphatic hydroxyl groups is 1. The average molecular weight is 244 g/mol. The van der Waals surface area contributed by atoms with Gasteiger partial charge in [0.15, 0.2) is 0 Å². The van der Waals surface area contributed by atoms with E-state index in [4.69, 9.17) is 16.7 Å². The van der Waals surface area contributed by atoms with E-state index in [9.17, 15) is 4.39 Å².